The topological polar surface area (TPSA) is 50.2 Å². The lowest BCUT2D eigenvalue weighted by atomic mass is 9.69. The van der Waals surface area contributed by atoms with Gasteiger partial charge in [0.05, 0.1) is 20.6 Å². The molecular weight excluding hydrogens is 282 g/mol. The summed E-state index contributed by atoms with van der Waals surface area (Å²) in [5, 5.41) is 10.9. The molecule has 1 fully saturated rings. The van der Waals surface area contributed by atoms with Gasteiger partial charge in [0.2, 0.25) is 0 Å². The molecule has 0 amide bonds. The molecule has 0 bridgehead atoms. The van der Waals surface area contributed by atoms with Crippen molar-refractivity contribution in [1.29, 1.82) is 0 Å². The lowest BCUT2D eigenvalue weighted by Gasteiger charge is -2.33. The maximum atomic E-state index is 11.9. The number of thiazole rings is 1. The molecule has 4 heteroatoms. The highest BCUT2D eigenvalue weighted by molar-refractivity contribution is 7.18. The second kappa shape index (κ2) is 5.41. The molecule has 1 heterocycles. The predicted molar refractivity (Wildman–Crippen MR) is 86.1 cm³/mol. The first kappa shape index (κ1) is 14.5. The van der Waals surface area contributed by atoms with Gasteiger partial charge in [-0.2, -0.15) is 0 Å². The number of hydrogen-bond donors (Lipinski definition) is 1. The number of aliphatic carboxylic acids is 1. The molecule has 0 saturated heterocycles. The van der Waals surface area contributed by atoms with Crippen LogP contribution in [0.15, 0.2) is 18.2 Å². The van der Waals surface area contributed by atoms with Crippen molar-refractivity contribution in [3.8, 4) is 0 Å². The molecule has 0 radical (unpaired) electrons. The van der Waals surface area contributed by atoms with Crippen LogP contribution in [-0.2, 0) is 10.2 Å². The van der Waals surface area contributed by atoms with Crippen LogP contribution in [0.4, 0.5) is 0 Å². The molecule has 21 heavy (non-hydrogen) atoms. The zero-order chi connectivity index (χ0) is 15.0. The number of nitrogens with zero attached hydrogens (tertiary/aromatic N) is 1. The first-order valence-corrected chi connectivity index (χ1v) is 8.49. The maximum Gasteiger partial charge on any atom is 0.314 e. The molecule has 1 aromatic carbocycles. The highest BCUT2D eigenvalue weighted by Crippen LogP contribution is 2.41. The van der Waals surface area contributed by atoms with E-state index in [9.17, 15) is 9.90 Å². The molecule has 0 aliphatic heterocycles. The molecule has 1 N–H and O–H groups in total. The fraction of sp³-hybridized carbons (Fsp3) is 0.529. The first-order chi connectivity index (χ1) is 10.0. The highest BCUT2D eigenvalue weighted by Gasteiger charge is 2.41. The van der Waals surface area contributed by atoms with E-state index in [1.165, 1.54) is 0 Å². The van der Waals surface area contributed by atoms with E-state index in [0.717, 1.165) is 52.9 Å². The molecule has 1 aromatic heterocycles. The van der Waals surface area contributed by atoms with Crippen LogP contribution in [0.5, 0.6) is 0 Å². The summed E-state index contributed by atoms with van der Waals surface area (Å²) < 4.78 is 1.15. The number of fused-ring (bicyclic) bond motifs is 1. The Morgan fingerprint density at radius 2 is 2.00 bits per heavy atom. The number of carboxylic acid groups (broad SMARTS) is 1. The van der Waals surface area contributed by atoms with Crippen molar-refractivity contribution in [2.24, 2.45) is 0 Å². The van der Waals surface area contributed by atoms with Crippen molar-refractivity contribution < 1.29 is 9.90 Å². The standard InChI is InChI=1S/C17H21NO2S/c1-11(2)15-18-13-10-12(6-7-14(13)21-15)17(16(19)20)8-4-3-5-9-17/h6-7,10-11H,3-5,8-9H2,1-2H3,(H,19,20). The second-order valence-electron chi connectivity index (χ2n) is 6.34. The summed E-state index contributed by atoms with van der Waals surface area (Å²) in [6.07, 6.45) is 4.63. The quantitative estimate of drug-likeness (QED) is 0.893. The van der Waals surface area contributed by atoms with E-state index in [1.54, 1.807) is 11.3 Å². The van der Waals surface area contributed by atoms with E-state index >= 15 is 0 Å². The van der Waals surface area contributed by atoms with Crippen molar-refractivity contribution in [3.63, 3.8) is 0 Å². The minimum Gasteiger partial charge on any atom is -0.481 e. The average molecular weight is 303 g/mol. The Kier molecular flexibility index (Phi) is 3.74. The van der Waals surface area contributed by atoms with Gasteiger partial charge in [-0.05, 0) is 30.5 Å². The van der Waals surface area contributed by atoms with Gasteiger partial charge in [0, 0.05) is 5.92 Å². The van der Waals surface area contributed by atoms with E-state index in [0.29, 0.717) is 5.92 Å². The van der Waals surface area contributed by atoms with E-state index in [1.807, 2.05) is 18.2 Å². The number of carboxylic acids is 1. The molecule has 0 spiro atoms. The van der Waals surface area contributed by atoms with Gasteiger partial charge in [-0.3, -0.25) is 4.79 Å². The summed E-state index contributed by atoms with van der Waals surface area (Å²) in [6.45, 7) is 4.27. The summed E-state index contributed by atoms with van der Waals surface area (Å²) >= 11 is 1.71. The highest BCUT2D eigenvalue weighted by atomic mass is 32.1. The molecule has 0 unspecified atom stereocenters. The lowest BCUT2D eigenvalue weighted by molar-refractivity contribution is -0.145. The van der Waals surface area contributed by atoms with E-state index in [4.69, 9.17) is 0 Å². The van der Waals surface area contributed by atoms with Crippen molar-refractivity contribution in [1.82, 2.24) is 4.98 Å². The van der Waals surface area contributed by atoms with Gasteiger partial charge in [-0.15, -0.1) is 11.3 Å². The number of rotatable bonds is 3. The normalized spacial score (nSPS) is 18.2. The fourth-order valence-corrected chi connectivity index (χ4v) is 4.22. The average Bonchev–Trinajstić information content (AvgIpc) is 2.91. The second-order valence-corrected chi connectivity index (χ2v) is 7.40. The zero-order valence-electron chi connectivity index (χ0n) is 12.6. The van der Waals surface area contributed by atoms with Gasteiger partial charge < -0.3 is 5.11 Å². The Hall–Kier alpha value is -1.42. The first-order valence-electron chi connectivity index (χ1n) is 7.67. The van der Waals surface area contributed by atoms with Crippen molar-refractivity contribution in [3.05, 3.63) is 28.8 Å². The maximum absolute atomic E-state index is 11.9. The van der Waals surface area contributed by atoms with E-state index < -0.39 is 11.4 Å². The van der Waals surface area contributed by atoms with Gasteiger partial charge in [0.15, 0.2) is 0 Å². The van der Waals surface area contributed by atoms with Crippen LogP contribution in [0, 0.1) is 0 Å². The van der Waals surface area contributed by atoms with Crippen LogP contribution in [0.2, 0.25) is 0 Å². The number of carbonyl (C=O) groups is 1. The van der Waals surface area contributed by atoms with Crippen molar-refractivity contribution in [2.45, 2.75) is 57.3 Å². The molecule has 2 aromatic rings. The molecule has 3 nitrogen and oxygen atoms in total. The molecule has 112 valence electrons. The Morgan fingerprint density at radius 3 is 2.62 bits per heavy atom. The van der Waals surface area contributed by atoms with Gasteiger partial charge in [-0.1, -0.05) is 39.2 Å². The van der Waals surface area contributed by atoms with E-state index in [2.05, 4.69) is 18.8 Å². The largest absolute Gasteiger partial charge is 0.481 e. The van der Waals surface area contributed by atoms with Gasteiger partial charge >= 0.3 is 5.97 Å². The molecular formula is C17H21NO2S. The van der Waals surface area contributed by atoms with Crippen molar-refractivity contribution >= 4 is 27.5 Å². The zero-order valence-corrected chi connectivity index (χ0v) is 13.4. The van der Waals surface area contributed by atoms with Crippen LogP contribution in [0.3, 0.4) is 0 Å². The third kappa shape index (κ3) is 2.46. The number of hydrogen-bond acceptors (Lipinski definition) is 3. The summed E-state index contributed by atoms with van der Waals surface area (Å²) in [5.41, 5.74) is 1.18. The molecule has 1 aliphatic carbocycles. The Balaban J connectivity index is 2.08. The Morgan fingerprint density at radius 1 is 1.29 bits per heavy atom. The van der Waals surface area contributed by atoms with Crippen LogP contribution >= 0.6 is 11.3 Å². The van der Waals surface area contributed by atoms with Gasteiger partial charge in [0.1, 0.15) is 0 Å². The Labute approximate surface area is 129 Å². The SMILES string of the molecule is CC(C)c1nc2cc(C3(C(=O)O)CCCCC3)ccc2s1. The van der Waals surface area contributed by atoms with Crippen molar-refractivity contribution in [2.75, 3.05) is 0 Å². The van der Waals surface area contributed by atoms with Crippen LogP contribution in [0.1, 0.15) is 62.4 Å². The lowest BCUT2D eigenvalue weighted by Crippen LogP contribution is -2.37. The molecule has 1 aliphatic rings. The predicted octanol–water partition coefficient (Wildman–Crippen LogP) is 4.71. The minimum atomic E-state index is -0.700. The summed E-state index contributed by atoms with van der Waals surface area (Å²) in [7, 11) is 0. The van der Waals surface area contributed by atoms with E-state index in [-0.39, 0.29) is 0 Å². The molecule has 0 atom stereocenters. The van der Waals surface area contributed by atoms with Crippen LogP contribution < -0.4 is 0 Å². The van der Waals surface area contributed by atoms with Crippen LogP contribution in [-0.4, -0.2) is 16.1 Å². The molecule has 3 rings (SSSR count). The third-order valence-electron chi connectivity index (χ3n) is 4.57. The number of aromatic nitrogens is 1. The fourth-order valence-electron chi connectivity index (χ4n) is 3.27. The Bertz CT molecular complexity index is 668. The van der Waals surface area contributed by atoms with Gasteiger partial charge in [-0.25, -0.2) is 4.98 Å². The summed E-state index contributed by atoms with van der Waals surface area (Å²) in [4.78, 5) is 16.6. The van der Waals surface area contributed by atoms with Crippen LogP contribution in [0.25, 0.3) is 10.2 Å². The van der Waals surface area contributed by atoms with Gasteiger partial charge in [0.25, 0.3) is 0 Å². The third-order valence-corrected chi connectivity index (χ3v) is 5.90. The summed E-state index contributed by atoms with van der Waals surface area (Å²) in [5.74, 6) is -0.269. The smallest absolute Gasteiger partial charge is 0.314 e. The summed E-state index contributed by atoms with van der Waals surface area (Å²) in [6, 6.07) is 6.06. The number of benzene rings is 1. The minimum absolute atomic E-state index is 0.411. The monoisotopic (exact) mass is 303 g/mol. The molecule has 1 saturated carbocycles.